The molecule has 0 heterocycles. The number of hydrogen-bond donors (Lipinski definition) is 2. The van der Waals surface area contributed by atoms with Crippen molar-refractivity contribution in [2.45, 2.75) is 142 Å². The van der Waals surface area contributed by atoms with Gasteiger partial charge in [0.15, 0.2) is 0 Å². The summed E-state index contributed by atoms with van der Waals surface area (Å²) in [5, 5.41) is 9.68. The number of thiol groups is 1. The number of aliphatic hydroxyl groups excluding tert-OH is 1. The third-order valence-corrected chi connectivity index (χ3v) is 6.26. The van der Waals surface area contributed by atoms with Crippen molar-refractivity contribution in [3.05, 3.63) is 0 Å². The highest BCUT2D eigenvalue weighted by Crippen LogP contribution is 2.24. The molecular weight excluding hydrogens is 336 g/mol. The highest BCUT2D eigenvalue weighted by Gasteiger charge is 2.18. The topological polar surface area (TPSA) is 20.2 Å². The van der Waals surface area contributed by atoms with Crippen molar-refractivity contribution in [1.29, 1.82) is 0 Å². The van der Waals surface area contributed by atoms with E-state index >= 15 is 0 Å². The molecule has 0 spiro atoms. The molecule has 0 radical (unpaired) electrons. The van der Waals surface area contributed by atoms with E-state index in [0.717, 1.165) is 6.42 Å². The Morgan fingerprint density at radius 1 is 0.577 bits per heavy atom. The molecule has 0 aromatic heterocycles. The van der Waals surface area contributed by atoms with Crippen LogP contribution in [0.2, 0.25) is 0 Å². The summed E-state index contributed by atoms with van der Waals surface area (Å²) in [5.41, 5.74) is -0.448. The van der Waals surface area contributed by atoms with Gasteiger partial charge in [-0.15, -0.1) is 12.6 Å². The fourth-order valence-electron chi connectivity index (χ4n) is 3.93. The van der Waals surface area contributed by atoms with E-state index in [9.17, 15) is 5.11 Å². The van der Waals surface area contributed by atoms with Gasteiger partial charge in [-0.05, 0) is 18.3 Å². The van der Waals surface area contributed by atoms with E-state index in [1.54, 1.807) is 0 Å². The van der Waals surface area contributed by atoms with E-state index in [2.05, 4.69) is 33.4 Å². The Labute approximate surface area is 171 Å². The largest absolute Gasteiger partial charge is 0.382 e. The van der Waals surface area contributed by atoms with Crippen molar-refractivity contribution >= 4 is 12.6 Å². The van der Waals surface area contributed by atoms with Crippen LogP contribution in [0.3, 0.4) is 0 Å². The Morgan fingerprint density at radius 3 is 1.15 bits per heavy atom. The van der Waals surface area contributed by atoms with Crippen LogP contribution < -0.4 is 0 Å². The molecule has 26 heavy (non-hydrogen) atoms. The van der Waals surface area contributed by atoms with Crippen LogP contribution in [0.4, 0.5) is 0 Å². The van der Waals surface area contributed by atoms with Gasteiger partial charge >= 0.3 is 0 Å². The van der Waals surface area contributed by atoms with Gasteiger partial charge in [0.25, 0.3) is 0 Å². The summed E-state index contributed by atoms with van der Waals surface area (Å²) in [4.78, 5) is 0. The molecule has 2 atom stereocenters. The van der Waals surface area contributed by atoms with Gasteiger partial charge in [0.1, 0.15) is 0 Å². The summed E-state index contributed by atoms with van der Waals surface area (Å²) in [5.74, 6) is 0.887. The van der Waals surface area contributed by atoms with Crippen LogP contribution in [0.25, 0.3) is 0 Å². The summed E-state index contributed by atoms with van der Waals surface area (Å²) in [6, 6.07) is 0. The maximum atomic E-state index is 9.68. The lowest BCUT2D eigenvalue weighted by atomic mass is 9.90. The maximum Gasteiger partial charge on any atom is 0.0995 e. The molecule has 158 valence electrons. The quantitative estimate of drug-likeness (QED) is 0.122. The van der Waals surface area contributed by atoms with E-state index in [1.807, 2.05) is 0 Å². The van der Waals surface area contributed by atoms with Gasteiger partial charge in [-0.25, -0.2) is 0 Å². The molecule has 0 aliphatic rings. The summed E-state index contributed by atoms with van der Waals surface area (Å²) in [6.45, 7) is 6.68. The predicted octanol–water partition coefficient (Wildman–Crippen LogP) is 8.55. The standard InChI is InChI=1S/C24H50OS/c1-4-5-6-7-8-9-10-11-12-13-14-15-16-17-18-19-20-21-23(22(2)3)24(25)26/h22-26H,4-21H2,1-3H3. The lowest BCUT2D eigenvalue weighted by molar-refractivity contribution is 0.149. The summed E-state index contributed by atoms with van der Waals surface area (Å²) in [7, 11) is 0. The third kappa shape index (κ3) is 17.7. The Kier molecular flexibility index (Phi) is 20.3. The molecular formula is C24H50OS. The first-order valence-electron chi connectivity index (χ1n) is 12.0. The van der Waals surface area contributed by atoms with Crippen molar-refractivity contribution in [3.63, 3.8) is 0 Å². The Morgan fingerprint density at radius 2 is 0.885 bits per heavy atom. The second-order valence-corrected chi connectivity index (χ2v) is 9.30. The van der Waals surface area contributed by atoms with Gasteiger partial charge in [0.05, 0.1) is 5.44 Å². The van der Waals surface area contributed by atoms with E-state index in [1.165, 1.54) is 109 Å². The molecule has 0 amide bonds. The molecule has 0 rings (SSSR count). The molecule has 2 unspecified atom stereocenters. The number of rotatable bonds is 20. The van der Waals surface area contributed by atoms with Crippen LogP contribution in [-0.4, -0.2) is 10.5 Å². The molecule has 1 N–H and O–H groups in total. The van der Waals surface area contributed by atoms with Crippen molar-refractivity contribution in [1.82, 2.24) is 0 Å². The van der Waals surface area contributed by atoms with Crippen molar-refractivity contribution < 1.29 is 5.11 Å². The highest BCUT2D eigenvalue weighted by atomic mass is 32.1. The van der Waals surface area contributed by atoms with Crippen LogP contribution in [0.5, 0.6) is 0 Å². The third-order valence-electron chi connectivity index (χ3n) is 5.88. The number of aliphatic hydroxyl groups is 1. The van der Waals surface area contributed by atoms with E-state index in [4.69, 9.17) is 0 Å². The smallest absolute Gasteiger partial charge is 0.0995 e. The fourth-order valence-corrected chi connectivity index (χ4v) is 4.42. The second kappa shape index (κ2) is 20.1. The molecule has 1 nitrogen and oxygen atoms in total. The summed E-state index contributed by atoms with van der Waals surface area (Å²) < 4.78 is 0. The molecule has 0 aliphatic heterocycles. The lowest BCUT2D eigenvalue weighted by Crippen LogP contribution is -2.20. The Bertz CT molecular complexity index is 257. The average molecular weight is 387 g/mol. The van der Waals surface area contributed by atoms with Gasteiger partial charge < -0.3 is 5.11 Å². The van der Waals surface area contributed by atoms with Crippen molar-refractivity contribution in [3.8, 4) is 0 Å². The molecule has 0 fully saturated rings. The SMILES string of the molecule is CCCCCCCCCCCCCCCCCCCC(C(C)C)C(O)S. The molecule has 2 heteroatoms. The van der Waals surface area contributed by atoms with Crippen molar-refractivity contribution in [2.75, 3.05) is 0 Å². The molecule has 0 bridgehead atoms. The molecule has 0 saturated heterocycles. The zero-order valence-electron chi connectivity index (χ0n) is 18.4. The van der Waals surface area contributed by atoms with E-state index < -0.39 is 5.44 Å². The monoisotopic (exact) mass is 386 g/mol. The minimum Gasteiger partial charge on any atom is -0.382 e. The first kappa shape index (κ1) is 26.3. The van der Waals surface area contributed by atoms with Gasteiger partial charge in [-0.3, -0.25) is 0 Å². The molecule has 0 aromatic rings. The average Bonchev–Trinajstić information content (AvgIpc) is 2.60. The van der Waals surface area contributed by atoms with Gasteiger partial charge in [0, 0.05) is 0 Å². The van der Waals surface area contributed by atoms with Crippen LogP contribution in [0.1, 0.15) is 136 Å². The maximum absolute atomic E-state index is 9.68. The fraction of sp³-hybridized carbons (Fsp3) is 1.00. The molecule has 0 saturated carbocycles. The minimum absolute atomic E-state index is 0.356. The summed E-state index contributed by atoms with van der Waals surface area (Å²) >= 11 is 4.22. The lowest BCUT2D eigenvalue weighted by Gasteiger charge is -2.22. The molecule has 0 aromatic carbocycles. The zero-order valence-corrected chi connectivity index (χ0v) is 19.2. The Balaban J connectivity index is 3.18. The van der Waals surface area contributed by atoms with Gasteiger partial charge in [-0.2, -0.15) is 0 Å². The number of hydrogen-bond acceptors (Lipinski definition) is 2. The van der Waals surface area contributed by atoms with Crippen molar-refractivity contribution in [2.24, 2.45) is 11.8 Å². The van der Waals surface area contributed by atoms with Gasteiger partial charge in [0.2, 0.25) is 0 Å². The number of unbranched alkanes of at least 4 members (excludes halogenated alkanes) is 16. The minimum atomic E-state index is -0.448. The first-order valence-corrected chi connectivity index (χ1v) is 12.5. The van der Waals surface area contributed by atoms with Crippen LogP contribution in [0.15, 0.2) is 0 Å². The van der Waals surface area contributed by atoms with Gasteiger partial charge in [-0.1, -0.05) is 130 Å². The van der Waals surface area contributed by atoms with Crippen LogP contribution in [-0.2, 0) is 0 Å². The predicted molar refractivity (Wildman–Crippen MR) is 122 cm³/mol. The van der Waals surface area contributed by atoms with Crippen LogP contribution >= 0.6 is 12.6 Å². The normalized spacial score (nSPS) is 14.1. The van der Waals surface area contributed by atoms with Crippen LogP contribution in [0, 0.1) is 11.8 Å². The van der Waals surface area contributed by atoms with E-state index in [0.29, 0.717) is 11.8 Å². The molecule has 0 aliphatic carbocycles. The summed E-state index contributed by atoms with van der Waals surface area (Å²) in [6.07, 6.45) is 25.2. The second-order valence-electron chi connectivity index (χ2n) is 8.77. The van der Waals surface area contributed by atoms with E-state index in [-0.39, 0.29) is 0 Å². The highest BCUT2D eigenvalue weighted by molar-refractivity contribution is 7.80. The zero-order chi connectivity index (χ0) is 19.5. The first-order chi connectivity index (χ1) is 12.6. The Hall–Kier alpha value is 0.310.